The van der Waals surface area contributed by atoms with E-state index in [1.54, 1.807) is 7.05 Å². The second-order valence-electron chi connectivity index (χ2n) is 7.66. The molecular weight excluding hydrogens is 472 g/mol. The van der Waals surface area contributed by atoms with Crippen molar-refractivity contribution in [3.05, 3.63) is 58.4 Å². The topological polar surface area (TPSA) is 81.0 Å². The number of halogens is 2. The summed E-state index contributed by atoms with van der Waals surface area (Å²) in [5.74, 6) is -2.09. The van der Waals surface area contributed by atoms with Crippen molar-refractivity contribution in [2.24, 2.45) is 4.99 Å². The SMILES string of the molecule is CCOCCn1c(=NC(=O)c2ccc(S(=O)(=O)N(C)C3CC3)cc2)sc2cc(F)cc(F)c21. The molecule has 1 aliphatic carbocycles. The molecule has 0 N–H and O–H groups in total. The summed E-state index contributed by atoms with van der Waals surface area (Å²) in [6, 6.07) is 7.56. The molecule has 176 valence electrons. The Morgan fingerprint density at radius 2 is 1.94 bits per heavy atom. The van der Waals surface area contributed by atoms with Crippen molar-refractivity contribution in [1.82, 2.24) is 8.87 Å². The summed E-state index contributed by atoms with van der Waals surface area (Å²) < 4.78 is 62.0. The Hall–Kier alpha value is -2.47. The monoisotopic (exact) mass is 495 g/mol. The second-order valence-corrected chi connectivity index (χ2v) is 10.7. The quantitative estimate of drug-likeness (QED) is 0.448. The van der Waals surface area contributed by atoms with Crippen molar-refractivity contribution in [2.75, 3.05) is 20.3 Å². The van der Waals surface area contributed by atoms with Crippen LogP contribution in [0.5, 0.6) is 0 Å². The molecule has 0 saturated heterocycles. The van der Waals surface area contributed by atoms with Gasteiger partial charge in [0.25, 0.3) is 5.91 Å². The zero-order valence-electron chi connectivity index (χ0n) is 18.1. The molecule has 33 heavy (non-hydrogen) atoms. The van der Waals surface area contributed by atoms with Gasteiger partial charge in [-0.15, -0.1) is 0 Å². The first-order valence-electron chi connectivity index (χ1n) is 10.5. The van der Waals surface area contributed by atoms with Crippen LogP contribution in [0.25, 0.3) is 10.2 Å². The number of sulfonamides is 1. The Morgan fingerprint density at radius 1 is 1.24 bits per heavy atom. The van der Waals surface area contributed by atoms with Crippen LogP contribution in [-0.2, 0) is 21.3 Å². The van der Waals surface area contributed by atoms with Gasteiger partial charge < -0.3 is 9.30 Å². The highest BCUT2D eigenvalue weighted by Gasteiger charge is 2.35. The van der Waals surface area contributed by atoms with Gasteiger partial charge in [-0.1, -0.05) is 11.3 Å². The number of carbonyl (C=O) groups excluding carboxylic acids is 1. The molecule has 2 aromatic carbocycles. The van der Waals surface area contributed by atoms with E-state index in [0.717, 1.165) is 30.2 Å². The molecule has 1 aliphatic rings. The third-order valence-corrected chi connectivity index (χ3v) is 8.34. The fourth-order valence-electron chi connectivity index (χ4n) is 3.44. The highest BCUT2D eigenvalue weighted by molar-refractivity contribution is 7.89. The van der Waals surface area contributed by atoms with Crippen molar-refractivity contribution in [3.8, 4) is 0 Å². The Bertz CT molecular complexity index is 1360. The van der Waals surface area contributed by atoms with Crippen LogP contribution in [0.15, 0.2) is 46.3 Å². The molecule has 0 atom stereocenters. The minimum atomic E-state index is -3.62. The lowest BCUT2D eigenvalue weighted by molar-refractivity contribution is 0.0996. The van der Waals surface area contributed by atoms with Gasteiger partial charge >= 0.3 is 0 Å². The van der Waals surface area contributed by atoms with E-state index in [4.69, 9.17) is 4.74 Å². The van der Waals surface area contributed by atoms with Gasteiger partial charge in [0.15, 0.2) is 10.6 Å². The molecule has 7 nitrogen and oxygen atoms in total. The van der Waals surface area contributed by atoms with Gasteiger partial charge in [-0.25, -0.2) is 17.2 Å². The smallest absolute Gasteiger partial charge is 0.279 e. The molecule has 1 amide bonds. The van der Waals surface area contributed by atoms with Crippen molar-refractivity contribution in [3.63, 3.8) is 0 Å². The largest absolute Gasteiger partial charge is 0.380 e. The Balaban J connectivity index is 1.68. The van der Waals surface area contributed by atoms with Gasteiger partial charge in [-0.2, -0.15) is 9.30 Å². The Kier molecular flexibility index (Phi) is 6.76. The fraction of sp³-hybridized carbons (Fsp3) is 0.364. The van der Waals surface area contributed by atoms with E-state index >= 15 is 0 Å². The van der Waals surface area contributed by atoms with E-state index in [0.29, 0.717) is 11.3 Å². The molecule has 1 heterocycles. The molecule has 4 rings (SSSR count). The predicted molar refractivity (Wildman–Crippen MR) is 121 cm³/mol. The van der Waals surface area contributed by atoms with Crippen molar-refractivity contribution < 1.29 is 26.7 Å². The number of benzene rings is 2. The van der Waals surface area contributed by atoms with Gasteiger partial charge in [0.05, 0.1) is 21.7 Å². The highest BCUT2D eigenvalue weighted by atomic mass is 32.2. The van der Waals surface area contributed by atoms with E-state index in [2.05, 4.69) is 4.99 Å². The molecule has 11 heteroatoms. The maximum atomic E-state index is 14.5. The van der Waals surface area contributed by atoms with Gasteiger partial charge in [0.1, 0.15) is 5.82 Å². The van der Waals surface area contributed by atoms with Crippen LogP contribution in [0, 0.1) is 11.6 Å². The number of hydrogen-bond acceptors (Lipinski definition) is 5. The second kappa shape index (κ2) is 9.41. The molecule has 1 fully saturated rings. The normalized spacial score (nSPS) is 15.0. The zero-order chi connectivity index (χ0) is 23.8. The van der Waals surface area contributed by atoms with Crippen LogP contribution in [0.1, 0.15) is 30.1 Å². The Morgan fingerprint density at radius 3 is 2.58 bits per heavy atom. The lowest BCUT2D eigenvalue weighted by atomic mass is 10.2. The van der Waals surface area contributed by atoms with Crippen LogP contribution < -0.4 is 4.80 Å². The van der Waals surface area contributed by atoms with Crippen LogP contribution >= 0.6 is 11.3 Å². The molecule has 0 unspecified atom stereocenters. The number of fused-ring (bicyclic) bond motifs is 1. The van der Waals surface area contributed by atoms with E-state index in [1.165, 1.54) is 39.2 Å². The van der Waals surface area contributed by atoms with Gasteiger partial charge in [0.2, 0.25) is 10.0 Å². The summed E-state index contributed by atoms with van der Waals surface area (Å²) in [5.41, 5.74) is 0.334. The molecule has 0 bridgehead atoms. The maximum absolute atomic E-state index is 14.5. The van der Waals surface area contributed by atoms with Gasteiger partial charge in [-0.05, 0) is 50.1 Å². The summed E-state index contributed by atoms with van der Waals surface area (Å²) in [7, 11) is -2.08. The maximum Gasteiger partial charge on any atom is 0.279 e. The molecule has 0 aliphatic heterocycles. The minimum Gasteiger partial charge on any atom is -0.380 e. The first-order valence-corrected chi connectivity index (χ1v) is 12.7. The molecule has 0 spiro atoms. The fourth-order valence-corrected chi connectivity index (χ4v) is 5.95. The molecular formula is C22H23F2N3O4S2. The average Bonchev–Trinajstić information content (AvgIpc) is 3.56. The van der Waals surface area contributed by atoms with Gasteiger partial charge in [0, 0.05) is 37.9 Å². The summed E-state index contributed by atoms with van der Waals surface area (Å²) in [6.45, 7) is 2.79. The lowest BCUT2D eigenvalue weighted by Crippen LogP contribution is -2.28. The van der Waals surface area contributed by atoms with Crippen molar-refractivity contribution in [1.29, 1.82) is 0 Å². The molecule has 0 radical (unpaired) electrons. The van der Waals surface area contributed by atoms with Crippen LogP contribution in [0.3, 0.4) is 0 Å². The van der Waals surface area contributed by atoms with E-state index in [1.807, 2.05) is 6.92 Å². The van der Waals surface area contributed by atoms with Crippen LogP contribution in [0.2, 0.25) is 0 Å². The van der Waals surface area contributed by atoms with Crippen molar-refractivity contribution >= 4 is 37.5 Å². The predicted octanol–water partition coefficient (Wildman–Crippen LogP) is 3.54. The first kappa shape index (κ1) is 23.7. The number of ether oxygens (including phenoxy) is 1. The number of thiazole rings is 1. The van der Waals surface area contributed by atoms with Crippen molar-refractivity contribution in [2.45, 2.75) is 37.2 Å². The van der Waals surface area contributed by atoms with E-state index in [9.17, 15) is 22.0 Å². The number of rotatable bonds is 8. The summed E-state index contributed by atoms with van der Waals surface area (Å²) >= 11 is 0.992. The number of hydrogen-bond donors (Lipinski definition) is 0. The zero-order valence-corrected chi connectivity index (χ0v) is 19.8. The Labute approximate surface area is 194 Å². The standard InChI is InChI=1S/C22H23F2N3O4S2/c1-3-31-11-10-27-20-18(24)12-15(23)13-19(20)32-22(27)25-21(28)14-4-8-17(9-5-14)33(29,30)26(2)16-6-7-16/h4-5,8-9,12-13,16H,3,6-7,10-11H2,1-2H3. The van der Waals surface area contributed by atoms with Crippen LogP contribution in [0.4, 0.5) is 8.78 Å². The third kappa shape index (κ3) is 4.91. The highest BCUT2D eigenvalue weighted by Crippen LogP contribution is 2.30. The van der Waals surface area contributed by atoms with Crippen LogP contribution in [-0.4, -0.2) is 49.5 Å². The number of aromatic nitrogens is 1. The molecule has 1 saturated carbocycles. The summed E-state index contributed by atoms with van der Waals surface area (Å²) in [6.07, 6.45) is 1.68. The summed E-state index contributed by atoms with van der Waals surface area (Å²) in [5, 5.41) is 0. The lowest BCUT2D eigenvalue weighted by Gasteiger charge is -2.16. The first-order chi connectivity index (χ1) is 15.7. The minimum absolute atomic E-state index is 0.0247. The molecule has 3 aromatic rings. The number of amides is 1. The molecule has 1 aromatic heterocycles. The van der Waals surface area contributed by atoms with E-state index < -0.39 is 27.6 Å². The third-order valence-electron chi connectivity index (χ3n) is 5.40. The number of nitrogens with zero attached hydrogens (tertiary/aromatic N) is 3. The number of carbonyl (C=O) groups is 1. The average molecular weight is 496 g/mol. The summed E-state index contributed by atoms with van der Waals surface area (Å²) in [4.78, 5) is 17.2. The van der Waals surface area contributed by atoms with Gasteiger partial charge in [-0.3, -0.25) is 4.79 Å². The van der Waals surface area contributed by atoms with E-state index in [-0.39, 0.29) is 40.0 Å².